The van der Waals surface area contributed by atoms with Gasteiger partial charge >= 0.3 is 5.97 Å². The minimum atomic E-state index is -1.02. The molecule has 1 aromatic carbocycles. The third-order valence-corrected chi connectivity index (χ3v) is 3.99. The number of halogens is 2. The van der Waals surface area contributed by atoms with Gasteiger partial charge in [-0.05, 0) is 40.2 Å². The first-order valence-electron chi connectivity index (χ1n) is 5.59. The first kappa shape index (κ1) is 13.1. The monoisotopic (exact) mass is 351 g/mol. The number of nitrogens with zero attached hydrogens (tertiary/aromatic N) is 2. The molecule has 3 rings (SSSR count). The highest BCUT2D eigenvalue weighted by molar-refractivity contribution is 9.10. The summed E-state index contributed by atoms with van der Waals surface area (Å²) >= 11 is 9.30. The van der Waals surface area contributed by atoms with Crippen LogP contribution in [0.15, 0.2) is 34.9 Å². The number of aromatic amines is 1. The minimum Gasteiger partial charge on any atom is -0.478 e. The van der Waals surface area contributed by atoms with Crippen molar-refractivity contribution in [2.45, 2.75) is 0 Å². The van der Waals surface area contributed by atoms with E-state index in [2.05, 4.69) is 30.9 Å². The Hall–Kier alpha value is -1.92. The fourth-order valence-corrected chi connectivity index (χ4v) is 2.29. The van der Waals surface area contributed by atoms with E-state index in [0.717, 1.165) is 10.0 Å². The fourth-order valence-electron chi connectivity index (χ4n) is 1.80. The molecular weight excluding hydrogens is 346 g/mol. The Morgan fingerprint density at radius 3 is 2.85 bits per heavy atom. The van der Waals surface area contributed by atoms with Crippen molar-refractivity contribution in [3.8, 4) is 11.4 Å². The van der Waals surface area contributed by atoms with Gasteiger partial charge in [0, 0.05) is 16.2 Å². The standard InChI is InChI=1S/C13H7BrClN3O2/c14-8-3-6(1-2-9(8)15)11-17-10-4-7(13(19)20)5-16-12(10)18-11/h1-5H,(H,19,20)(H,16,17,18). The number of rotatable bonds is 2. The van der Waals surface area contributed by atoms with Crippen molar-refractivity contribution in [3.05, 3.63) is 45.5 Å². The van der Waals surface area contributed by atoms with Crippen LogP contribution in [0.3, 0.4) is 0 Å². The number of imidazole rings is 1. The molecule has 0 saturated heterocycles. The van der Waals surface area contributed by atoms with Crippen molar-refractivity contribution >= 4 is 44.7 Å². The molecule has 0 amide bonds. The van der Waals surface area contributed by atoms with E-state index in [4.69, 9.17) is 16.7 Å². The lowest BCUT2D eigenvalue weighted by Gasteiger charge is -1.99. The quantitative estimate of drug-likeness (QED) is 0.736. The van der Waals surface area contributed by atoms with Crippen LogP contribution in [0.5, 0.6) is 0 Å². The van der Waals surface area contributed by atoms with Gasteiger partial charge in [-0.15, -0.1) is 0 Å². The summed E-state index contributed by atoms with van der Waals surface area (Å²) in [4.78, 5) is 22.3. The molecule has 0 aliphatic carbocycles. The molecule has 2 N–H and O–H groups in total. The lowest BCUT2D eigenvalue weighted by molar-refractivity contribution is 0.0696. The van der Waals surface area contributed by atoms with Crippen LogP contribution in [0.1, 0.15) is 10.4 Å². The molecule has 0 spiro atoms. The van der Waals surface area contributed by atoms with Gasteiger partial charge in [0.05, 0.1) is 16.1 Å². The first-order valence-corrected chi connectivity index (χ1v) is 6.76. The Balaban J connectivity index is 2.12. The van der Waals surface area contributed by atoms with Crippen molar-refractivity contribution < 1.29 is 9.90 Å². The van der Waals surface area contributed by atoms with Crippen LogP contribution in [-0.4, -0.2) is 26.0 Å². The highest BCUT2D eigenvalue weighted by atomic mass is 79.9. The number of nitrogens with one attached hydrogen (secondary N) is 1. The van der Waals surface area contributed by atoms with E-state index in [1.807, 2.05) is 12.1 Å². The second-order valence-corrected chi connectivity index (χ2v) is 5.38. The average molecular weight is 353 g/mol. The highest BCUT2D eigenvalue weighted by Gasteiger charge is 2.10. The van der Waals surface area contributed by atoms with Crippen molar-refractivity contribution in [1.29, 1.82) is 0 Å². The van der Waals surface area contributed by atoms with Gasteiger partial charge in [-0.3, -0.25) is 0 Å². The molecule has 20 heavy (non-hydrogen) atoms. The zero-order valence-corrected chi connectivity index (χ0v) is 12.2. The van der Waals surface area contributed by atoms with Gasteiger partial charge in [0.15, 0.2) is 5.65 Å². The molecule has 2 aromatic heterocycles. The number of carboxylic acid groups (broad SMARTS) is 1. The largest absolute Gasteiger partial charge is 0.478 e. The van der Waals surface area contributed by atoms with E-state index < -0.39 is 5.97 Å². The third kappa shape index (κ3) is 2.28. The first-order chi connectivity index (χ1) is 9.54. The maximum Gasteiger partial charge on any atom is 0.337 e. The van der Waals surface area contributed by atoms with E-state index in [1.165, 1.54) is 12.3 Å². The van der Waals surface area contributed by atoms with Gasteiger partial charge < -0.3 is 10.1 Å². The molecule has 3 aromatic rings. The van der Waals surface area contributed by atoms with E-state index in [1.54, 1.807) is 6.07 Å². The number of H-pyrrole nitrogens is 1. The summed E-state index contributed by atoms with van der Waals surface area (Å²) in [5.41, 5.74) is 1.99. The summed E-state index contributed by atoms with van der Waals surface area (Å²) in [5, 5.41) is 9.55. The van der Waals surface area contributed by atoms with Crippen LogP contribution in [0.2, 0.25) is 5.02 Å². The summed E-state index contributed by atoms with van der Waals surface area (Å²) in [6.45, 7) is 0. The molecule has 0 unspecified atom stereocenters. The number of carboxylic acids is 1. The van der Waals surface area contributed by atoms with E-state index in [0.29, 0.717) is 22.0 Å². The molecule has 0 aliphatic rings. The van der Waals surface area contributed by atoms with Crippen LogP contribution in [-0.2, 0) is 0 Å². The number of carbonyl (C=O) groups is 1. The van der Waals surface area contributed by atoms with E-state index in [9.17, 15) is 4.79 Å². The van der Waals surface area contributed by atoms with Crippen molar-refractivity contribution in [3.63, 3.8) is 0 Å². The molecule has 0 bridgehead atoms. The topological polar surface area (TPSA) is 78.9 Å². The van der Waals surface area contributed by atoms with Crippen LogP contribution in [0.4, 0.5) is 0 Å². The van der Waals surface area contributed by atoms with Crippen LogP contribution in [0, 0.1) is 0 Å². The molecule has 0 aliphatic heterocycles. The summed E-state index contributed by atoms with van der Waals surface area (Å²) in [7, 11) is 0. The van der Waals surface area contributed by atoms with Crippen LogP contribution in [0.25, 0.3) is 22.6 Å². The maximum absolute atomic E-state index is 10.9. The van der Waals surface area contributed by atoms with Crippen molar-refractivity contribution in [1.82, 2.24) is 15.0 Å². The molecule has 0 atom stereocenters. The molecule has 0 saturated carbocycles. The van der Waals surface area contributed by atoms with Crippen molar-refractivity contribution in [2.24, 2.45) is 0 Å². The van der Waals surface area contributed by atoms with Gasteiger partial charge in [0.1, 0.15) is 5.82 Å². The summed E-state index contributed by atoms with van der Waals surface area (Å²) < 4.78 is 0.760. The van der Waals surface area contributed by atoms with Crippen molar-refractivity contribution in [2.75, 3.05) is 0 Å². The zero-order valence-electron chi connectivity index (χ0n) is 9.89. The molecule has 5 nitrogen and oxygen atoms in total. The van der Waals surface area contributed by atoms with Gasteiger partial charge in [0.25, 0.3) is 0 Å². The average Bonchev–Trinajstić information content (AvgIpc) is 2.84. The maximum atomic E-state index is 10.9. The SMILES string of the molecule is O=C(O)c1cnc2nc(-c3ccc(Cl)c(Br)c3)[nH]c2c1. The number of fused-ring (bicyclic) bond motifs is 1. The lowest BCUT2D eigenvalue weighted by Crippen LogP contribution is -1.96. The summed E-state index contributed by atoms with van der Waals surface area (Å²) in [6, 6.07) is 6.91. The van der Waals surface area contributed by atoms with Gasteiger partial charge in [0.2, 0.25) is 0 Å². The Morgan fingerprint density at radius 2 is 2.15 bits per heavy atom. The fraction of sp³-hybridized carbons (Fsp3) is 0. The second-order valence-electron chi connectivity index (χ2n) is 4.11. The Morgan fingerprint density at radius 1 is 1.35 bits per heavy atom. The molecule has 2 heterocycles. The second kappa shape index (κ2) is 4.88. The molecule has 0 fully saturated rings. The van der Waals surface area contributed by atoms with E-state index in [-0.39, 0.29) is 5.56 Å². The summed E-state index contributed by atoms with van der Waals surface area (Å²) in [6.07, 6.45) is 1.28. The van der Waals surface area contributed by atoms with Gasteiger partial charge in [-0.2, -0.15) is 0 Å². The predicted molar refractivity (Wildman–Crippen MR) is 79.0 cm³/mol. The van der Waals surface area contributed by atoms with Crippen LogP contribution >= 0.6 is 27.5 Å². The number of pyridine rings is 1. The smallest absolute Gasteiger partial charge is 0.337 e. The number of aromatic nitrogens is 3. The molecule has 100 valence electrons. The molecule has 7 heteroatoms. The Labute approximate surface area is 126 Å². The Bertz CT molecular complexity index is 832. The third-order valence-electron chi connectivity index (χ3n) is 2.78. The van der Waals surface area contributed by atoms with E-state index >= 15 is 0 Å². The predicted octanol–water partition coefficient (Wildman–Crippen LogP) is 3.74. The van der Waals surface area contributed by atoms with Gasteiger partial charge in [-0.1, -0.05) is 11.6 Å². The minimum absolute atomic E-state index is 0.116. The highest BCUT2D eigenvalue weighted by Crippen LogP contribution is 2.28. The number of hydrogen-bond acceptors (Lipinski definition) is 3. The number of aromatic carboxylic acids is 1. The number of hydrogen-bond donors (Lipinski definition) is 2. The Kier molecular flexibility index (Phi) is 3.19. The summed E-state index contributed by atoms with van der Waals surface area (Å²) in [5.74, 6) is -0.419. The van der Waals surface area contributed by atoms with Gasteiger partial charge in [-0.25, -0.2) is 14.8 Å². The number of benzene rings is 1. The molecule has 0 radical (unpaired) electrons. The normalized spacial score (nSPS) is 10.9. The zero-order chi connectivity index (χ0) is 14.3. The molecular formula is C13H7BrClN3O2. The van der Waals surface area contributed by atoms with Crippen LogP contribution < -0.4 is 0 Å². The lowest BCUT2D eigenvalue weighted by atomic mass is 10.2.